The monoisotopic (exact) mass is 280 g/mol. The van der Waals surface area contributed by atoms with Gasteiger partial charge in [-0.3, -0.25) is 0 Å². The smallest absolute Gasteiger partial charge is 0.328 e. The van der Waals surface area contributed by atoms with E-state index in [4.69, 9.17) is 0 Å². The van der Waals surface area contributed by atoms with Crippen molar-refractivity contribution >= 4 is 11.7 Å². The van der Waals surface area contributed by atoms with Crippen LogP contribution in [0.2, 0.25) is 0 Å². The summed E-state index contributed by atoms with van der Waals surface area (Å²) in [5.41, 5.74) is -1.01. The molecular weight excluding hydrogens is 268 g/mol. The summed E-state index contributed by atoms with van der Waals surface area (Å²) in [6.07, 6.45) is 0. The number of ether oxygens (including phenoxy) is 1. The van der Waals surface area contributed by atoms with E-state index in [1.54, 1.807) is 6.92 Å². The van der Waals surface area contributed by atoms with Gasteiger partial charge in [0.25, 0.3) is 11.9 Å². The van der Waals surface area contributed by atoms with Crippen LogP contribution in [0.4, 0.5) is 23.2 Å². The number of carbonyl (C=O) groups excluding carboxylic acids is 1. The molecule has 4 nitrogen and oxygen atoms in total. The van der Waals surface area contributed by atoms with Gasteiger partial charge in [-0.15, -0.1) is 0 Å². The van der Waals surface area contributed by atoms with E-state index in [1.807, 2.05) is 0 Å². The average Bonchev–Trinajstić information content (AvgIpc) is 2.36. The molecule has 19 heavy (non-hydrogen) atoms. The lowest BCUT2D eigenvalue weighted by atomic mass is 10.2. The van der Waals surface area contributed by atoms with Crippen molar-refractivity contribution in [1.29, 1.82) is 0 Å². The van der Waals surface area contributed by atoms with Crippen LogP contribution in [0, 0.1) is 23.5 Å². The van der Waals surface area contributed by atoms with Crippen LogP contribution < -0.4 is 4.90 Å². The van der Waals surface area contributed by atoms with Gasteiger partial charge in [0.2, 0.25) is 11.6 Å². The van der Waals surface area contributed by atoms with E-state index in [-0.39, 0.29) is 6.61 Å². The molecule has 1 rings (SSSR count). The molecule has 8 heteroatoms. The van der Waals surface area contributed by atoms with Crippen molar-refractivity contribution in [3.05, 3.63) is 23.5 Å². The lowest BCUT2D eigenvalue weighted by molar-refractivity contribution is -0.144. The van der Waals surface area contributed by atoms with Gasteiger partial charge in [-0.1, -0.05) is 0 Å². The van der Waals surface area contributed by atoms with Crippen molar-refractivity contribution in [1.82, 2.24) is 4.98 Å². The molecule has 1 aromatic rings. The number of esters is 1. The van der Waals surface area contributed by atoms with Crippen molar-refractivity contribution < 1.29 is 27.1 Å². The first-order valence-corrected chi connectivity index (χ1v) is 5.40. The Labute approximate surface area is 107 Å². The van der Waals surface area contributed by atoms with E-state index in [1.165, 1.54) is 6.92 Å². The fourth-order valence-corrected chi connectivity index (χ4v) is 1.40. The van der Waals surface area contributed by atoms with Crippen LogP contribution in [0.5, 0.6) is 0 Å². The van der Waals surface area contributed by atoms with E-state index >= 15 is 0 Å². The normalized spacial score (nSPS) is 12.2. The maximum absolute atomic E-state index is 13.5. The van der Waals surface area contributed by atoms with Gasteiger partial charge < -0.3 is 9.64 Å². The topological polar surface area (TPSA) is 42.4 Å². The minimum absolute atomic E-state index is 0.0705. The molecule has 0 bridgehead atoms. The van der Waals surface area contributed by atoms with Crippen LogP contribution in [0.25, 0.3) is 0 Å². The molecule has 0 N–H and O–H groups in total. The Bertz CT molecular complexity index is 470. The lowest BCUT2D eigenvalue weighted by Gasteiger charge is -2.25. The third-order valence-corrected chi connectivity index (χ3v) is 2.54. The molecule has 0 amide bonds. The molecule has 0 fully saturated rings. The summed E-state index contributed by atoms with van der Waals surface area (Å²) in [5, 5.41) is 0. The number of hydrogen-bond donors (Lipinski definition) is 0. The molecule has 0 radical (unpaired) electrons. The Morgan fingerprint density at radius 3 is 2.16 bits per heavy atom. The van der Waals surface area contributed by atoms with Crippen LogP contribution in [0.1, 0.15) is 13.8 Å². The molecule has 1 unspecified atom stereocenters. The Morgan fingerprint density at radius 2 is 1.74 bits per heavy atom. The number of pyridine rings is 1. The van der Waals surface area contributed by atoms with Gasteiger partial charge in [-0.05, 0) is 13.8 Å². The number of carbonyl (C=O) groups is 1. The summed E-state index contributed by atoms with van der Waals surface area (Å²) >= 11 is 0. The fraction of sp³-hybridized carbons (Fsp3) is 0.455. The maximum atomic E-state index is 13.5. The third-order valence-electron chi connectivity index (χ3n) is 2.54. The minimum atomic E-state index is -1.78. The highest BCUT2D eigenvalue weighted by Crippen LogP contribution is 2.26. The van der Waals surface area contributed by atoms with E-state index in [0.29, 0.717) is 0 Å². The molecule has 0 aliphatic heterocycles. The zero-order chi connectivity index (χ0) is 14.7. The molecule has 1 heterocycles. The predicted octanol–water partition coefficient (Wildman–Crippen LogP) is 2.03. The van der Waals surface area contributed by atoms with E-state index in [9.17, 15) is 22.4 Å². The SMILES string of the molecule is CCOC(=O)C(C)N(C)c1c(F)c(F)nc(F)c1F. The van der Waals surface area contributed by atoms with E-state index in [0.717, 1.165) is 11.9 Å². The predicted molar refractivity (Wildman–Crippen MR) is 58.6 cm³/mol. The number of nitrogens with zero attached hydrogens (tertiary/aromatic N) is 2. The molecule has 0 aromatic carbocycles. The Kier molecular flexibility index (Phi) is 4.68. The lowest BCUT2D eigenvalue weighted by Crippen LogP contribution is -2.38. The van der Waals surface area contributed by atoms with Crippen LogP contribution >= 0.6 is 0 Å². The van der Waals surface area contributed by atoms with Gasteiger partial charge in [-0.2, -0.15) is 22.5 Å². The van der Waals surface area contributed by atoms with Gasteiger partial charge >= 0.3 is 5.97 Å². The Morgan fingerprint density at radius 1 is 1.26 bits per heavy atom. The van der Waals surface area contributed by atoms with Crippen molar-refractivity contribution in [2.45, 2.75) is 19.9 Å². The molecule has 1 aromatic heterocycles. The summed E-state index contributed by atoms with van der Waals surface area (Å²) in [6, 6.07) is -1.12. The molecule has 0 aliphatic rings. The molecule has 106 valence electrons. The molecule has 0 aliphatic carbocycles. The van der Waals surface area contributed by atoms with Gasteiger partial charge in [0.05, 0.1) is 6.61 Å². The zero-order valence-corrected chi connectivity index (χ0v) is 10.5. The summed E-state index contributed by atoms with van der Waals surface area (Å²) in [4.78, 5) is 14.6. The summed E-state index contributed by atoms with van der Waals surface area (Å²) in [7, 11) is 1.11. The van der Waals surface area contributed by atoms with Crippen molar-refractivity contribution in [3.63, 3.8) is 0 Å². The first-order chi connectivity index (χ1) is 8.81. The van der Waals surface area contributed by atoms with Crippen molar-refractivity contribution in [2.24, 2.45) is 0 Å². The molecule has 0 saturated carbocycles. The standard InChI is InChI=1S/C11H12F4N2O2/c1-4-19-11(18)5(2)17(3)8-6(12)9(14)16-10(15)7(8)13/h5H,4H2,1-3H3. The maximum Gasteiger partial charge on any atom is 0.328 e. The van der Waals surface area contributed by atoms with Gasteiger partial charge in [-0.25, -0.2) is 4.79 Å². The summed E-state index contributed by atoms with van der Waals surface area (Å²) in [5.74, 6) is -7.68. The first kappa shape index (κ1) is 15.2. The highest BCUT2D eigenvalue weighted by molar-refractivity contribution is 5.79. The van der Waals surface area contributed by atoms with E-state index < -0.39 is 41.2 Å². The van der Waals surface area contributed by atoms with Gasteiger partial charge in [0, 0.05) is 7.05 Å². The number of hydrogen-bond acceptors (Lipinski definition) is 4. The average molecular weight is 280 g/mol. The van der Waals surface area contributed by atoms with Crippen LogP contribution in [0.15, 0.2) is 0 Å². The van der Waals surface area contributed by atoms with Crippen LogP contribution in [-0.4, -0.2) is 30.6 Å². The molecular formula is C11H12F4N2O2. The zero-order valence-electron chi connectivity index (χ0n) is 10.5. The largest absolute Gasteiger partial charge is 0.464 e. The molecule has 0 spiro atoms. The van der Waals surface area contributed by atoms with Crippen LogP contribution in [-0.2, 0) is 9.53 Å². The number of anilines is 1. The third kappa shape index (κ3) is 2.94. The van der Waals surface area contributed by atoms with Crippen molar-refractivity contribution in [2.75, 3.05) is 18.6 Å². The van der Waals surface area contributed by atoms with Crippen LogP contribution in [0.3, 0.4) is 0 Å². The summed E-state index contributed by atoms with van der Waals surface area (Å²) < 4.78 is 57.5. The fourth-order valence-electron chi connectivity index (χ4n) is 1.40. The number of halogens is 4. The number of aromatic nitrogens is 1. The summed E-state index contributed by atoms with van der Waals surface area (Å²) in [6.45, 7) is 2.91. The van der Waals surface area contributed by atoms with E-state index in [2.05, 4.69) is 9.72 Å². The Balaban J connectivity index is 3.19. The number of rotatable bonds is 4. The van der Waals surface area contributed by atoms with Gasteiger partial charge in [0.15, 0.2) is 0 Å². The Hall–Kier alpha value is -1.86. The van der Waals surface area contributed by atoms with Gasteiger partial charge in [0.1, 0.15) is 11.7 Å². The quantitative estimate of drug-likeness (QED) is 0.481. The van der Waals surface area contributed by atoms with Crippen molar-refractivity contribution in [3.8, 4) is 0 Å². The molecule has 1 atom stereocenters. The second-order valence-electron chi connectivity index (χ2n) is 3.71. The highest BCUT2D eigenvalue weighted by atomic mass is 19.2. The molecule has 0 saturated heterocycles. The number of likely N-dealkylation sites (N-methyl/N-ethyl adjacent to an activating group) is 1. The second kappa shape index (κ2) is 5.85. The highest BCUT2D eigenvalue weighted by Gasteiger charge is 2.29. The first-order valence-electron chi connectivity index (χ1n) is 5.40. The second-order valence-corrected chi connectivity index (χ2v) is 3.71. The minimum Gasteiger partial charge on any atom is -0.464 e.